The number of unbranched alkanes of at least 4 members (excludes halogenated alkanes) is 2. The molecule has 0 bridgehead atoms. The van der Waals surface area contributed by atoms with Crippen LogP contribution in [0.4, 0.5) is 11.4 Å². The van der Waals surface area contributed by atoms with Crippen LogP contribution in [-0.4, -0.2) is 72.1 Å². The summed E-state index contributed by atoms with van der Waals surface area (Å²) in [5, 5.41) is 2.89. The monoisotopic (exact) mass is 687 g/mol. The normalized spacial score (nSPS) is 18.7. The molecule has 11 heteroatoms. The zero-order valence-corrected chi connectivity index (χ0v) is 29.8. The van der Waals surface area contributed by atoms with Crippen molar-refractivity contribution in [3.63, 3.8) is 0 Å². The van der Waals surface area contributed by atoms with Crippen LogP contribution >= 0.6 is 0 Å². The maximum atomic E-state index is 12.4. The van der Waals surface area contributed by atoms with E-state index in [4.69, 9.17) is 0 Å². The zero-order valence-electron chi connectivity index (χ0n) is 29.0. The molecule has 2 aromatic rings. The van der Waals surface area contributed by atoms with Crippen molar-refractivity contribution < 1.29 is 31.9 Å². The van der Waals surface area contributed by atoms with Crippen LogP contribution in [0.1, 0.15) is 77.8 Å². The highest BCUT2D eigenvalue weighted by Crippen LogP contribution is 2.48. The predicted molar refractivity (Wildman–Crippen MR) is 191 cm³/mol. The Morgan fingerprint density at radius 1 is 0.918 bits per heavy atom. The van der Waals surface area contributed by atoms with Gasteiger partial charge in [0.1, 0.15) is 6.54 Å². The molecule has 49 heavy (non-hydrogen) atoms. The van der Waals surface area contributed by atoms with E-state index in [1.165, 1.54) is 40.1 Å². The molecule has 0 radical (unpaired) electrons. The Morgan fingerprint density at radius 2 is 1.63 bits per heavy atom. The molecule has 0 unspecified atom stereocenters. The molecule has 10 nitrogen and oxygen atoms in total. The van der Waals surface area contributed by atoms with E-state index in [2.05, 4.69) is 91.9 Å². The third kappa shape index (κ3) is 7.33. The van der Waals surface area contributed by atoms with Gasteiger partial charge in [0.15, 0.2) is 5.71 Å². The third-order valence-corrected chi connectivity index (χ3v) is 10.7. The summed E-state index contributed by atoms with van der Waals surface area (Å²) >= 11 is 0. The van der Waals surface area contributed by atoms with Crippen molar-refractivity contribution >= 4 is 44.9 Å². The topological polar surface area (TPSA) is 127 Å². The second-order valence-electron chi connectivity index (χ2n) is 13.8. The number of amides is 3. The Labute approximate surface area is 289 Å². The van der Waals surface area contributed by atoms with Crippen LogP contribution in [-0.2, 0) is 35.3 Å². The van der Waals surface area contributed by atoms with E-state index in [9.17, 15) is 27.4 Å². The fourth-order valence-electron chi connectivity index (χ4n) is 7.21. The molecule has 0 aliphatic carbocycles. The lowest BCUT2D eigenvalue weighted by Crippen LogP contribution is -2.33. The number of likely N-dealkylation sites (N-methyl/N-ethyl adjacent to an activating group) is 1. The summed E-state index contributed by atoms with van der Waals surface area (Å²) in [5.74, 6) is -0.640. The minimum atomic E-state index is -4.32. The van der Waals surface area contributed by atoms with Crippen molar-refractivity contribution in [1.29, 1.82) is 0 Å². The van der Waals surface area contributed by atoms with Crippen LogP contribution in [0.3, 0.4) is 0 Å². The Morgan fingerprint density at radius 3 is 2.33 bits per heavy atom. The summed E-state index contributed by atoms with van der Waals surface area (Å²) in [6.07, 6.45) is 12.4. The minimum absolute atomic E-state index is 0.0274. The van der Waals surface area contributed by atoms with Gasteiger partial charge < -0.3 is 10.2 Å². The summed E-state index contributed by atoms with van der Waals surface area (Å²) < 4.78 is 35.8. The number of para-hydroxylation sites is 1. The van der Waals surface area contributed by atoms with Crippen LogP contribution in [0.15, 0.2) is 83.4 Å². The van der Waals surface area contributed by atoms with Gasteiger partial charge in [0.05, 0.1) is 10.3 Å². The van der Waals surface area contributed by atoms with Gasteiger partial charge in [-0.3, -0.25) is 23.8 Å². The number of rotatable bonds is 14. The average Bonchev–Trinajstić information content (AvgIpc) is 3.57. The highest BCUT2D eigenvalue weighted by atomic mass is 32.2. The molecule has 2 aromatic carbocycles. The lowest BCUT2D eigenvalue weighted by molar-refractivity contribution is -0.438. The Balaban J connectivity index is 1.24. The molecule has 0 aromatic heterocycles. The van der Waals surface area contributed by atoms with Gasteiger partial charge in [-0.25, -0.2) is 0 Å². The molecule has 3 aliphatic heterocycles. The first-order valence-corrected chi connectivity index (χ1v) is 18.4. The molecule has 0 atom stereocenters. The van der Waals surface area contributed by atoms with E-state index in [1.54, 1.807) is 12.1 Å². The number of fused-ring (bicyclic) bond motifs is 2. The van der Waals surface area contributed by atoms with E-state index in [1.807, 2.05) is 0 Å². The van der Waals surface area contributed by atoms with Gasteiger partial charge in [-0.15, -0.1) is 0 Å². The number of carbonyl (C=O) groups excluding carboxylic acids is 3. The van der Waals surface area contributed by atoms with E-state index in [0.29, 0.717) is 32.5 Å². The first-order valence-electron chi connectivity index (χ1n) is 17.0. The molecule has 0 spiro atoms. The number of nitrogens with one attached hydrogen (secondary N) is 1. The van der Waals surface area contributed by atoms with Crippen LogP contribution in [0.25, 0.3) is 0 Å². The largest absolute Gasteiger partial charge is 0.356 e. The fourth-order valence-corrected chi connectivity index (χ4v) is 7.71. The lowest BCUT2D eigenvalue weighted by Gasteiger charge is -2.25. The number of nitrogens with zero attached hydrogens (tertiary/aromatic N) is 3. The van der Waals surface area contributed by atoms with Crippen LogP contribution in [0.5, 0.6) is 0 Å². The van der Waals surface area contributed by atoms with Crippen molar-refractivity contribution in [3.05, 3.63) is 89.7 Å². The number of imide groups is 1. The van der Waals surface area contributed by atoms with Gasteiger partial charge in [-0.2, -0.15) is 13.0 Å². The number of anilines is 1. The van der Waals surface area contributed by atoms with Crippen LogP contribution in [0, 0.1) is 0 Å². The van der Waals surface area contributed by atoms with Crippen molar-refractivity contribution in [3.8, 4) is 0 Å². The number of carbonyl (C=O) groups is 3. The molecule has 2 N–H and O–H groups in total. The van der Waals surface area contributed by atoms with Gasteiger partial charge in [0.25, 0.3) is 21.9 Å². The molecule has 0 fully saturated rings. The van der Waals surface area contributed by atoms with Gasteiger partial charge in [0.2, 0.25) is 11.6 Å². The van der Waals surface area contributed by atoms with Crippen molar-refractivity contribution in [1.82, 2.24) is 10.2 Å². The third-order valence-electron chi connectivity index (χ3n) is 9.85. The summed E-state index contributed by atoms with van der Waals surface area (Å²) in [6.45, 7) is 12.9. The van der Waals surface area contributed by atoms with E-state index < -0.39 is 15.5 Å². The van der Waals surface area contributed by atoms with Crippen molar-refractivity contribution in [2.75, 3.05) is 31.1 Å². The molecule has 3 heterocycles. The number of hydrogen-bond donors (Lipinski definition) is 2. The number of allylic oxidation sites excluding steroid dienone is 4. The molecule has 260 valence electrons. The molecular formula is C38H47N4O6S+. The average molecular weight is 688 g/mol. The first-order chi connectivity index (χ1) is 23.2. The summed E-state index contributed by atoms with van der Waals surface area (Å²) in [7, 11) is -4.32. The molecule has 0 saturated heterocycles. The molecule has 3 aliphatic rings. The second-order valence-corrected chi connectivity index (χ2v) is 15.2. The van der Waals surface area contributed by atoms with Crippen molar-refractivity contribution in [2.24, 2.45) is 0 Å². The zero-order chi connectivity index (χ0) is 35.6. The maximum Gasteiger partial charge on any atom is 0.294 e. The highest BCUT2D eigenvalue weighted by Gasteiger charge is 2.44. The Bertz CT molecular complexity index is 1870. The second kappa shape index (κ2) is 14.2. The molecule has 0 saturated carbocycles. The van der Waals surface area contributed by atoms with E-state index in [-0.39, 0.29) is 28.0 Å². The predicted octanol–water partition coefficient (Wildman–Crippen LogP) is 5.56. The number of benzene rings is 2. The maximum absolute atomic E-state index is 12.4. The molecular weight excluding hydrogens is 641 g/mol. The molecule has 3 amide bonds. The first kappa shape index (κ1) is 35.9. The highest BCUT2D eigenvalue weighted by molar-refractivity contribution is 7.85. The standard InChI is InChI=1S/C38H46N4O6S/c1-6-40-31-20-19-27(49(46,47)48)26-29(31)38(4,5)32(40)16-12-17-33-37(2,3)28-14-9-10-15-30(28)41(33)24-11-7-8-18-34(43)39-23-13-25-42-35(44)21-22-36(42)45/h9-10,12,14-17,19-22,26H,6-8,11,13,18,23-25H2,1-5H3,(H-,39,43,46,47,48)/p+1. The van der Waals surface area contributed by atoms with Gasteiger partial charge in [0, 0.05) is 79.1 Å². The summed E-state index contributed by atoms with van der Waals surface area (Å²) in [6, 6.07) is 13.3. The van der Waals surface area contributed by atoms with Gasteiger partial charge in [-0.05, 0) is 69.9 Å². The lowest BCUT2D eigenvalue weighted by atomic mass is 9.81. The fraction of sp³-hybridized carbons (Fsp3) is 0.421. The summed E-state index contributed by atoms with van der Waals surface area (Å²) in [4.78, 5) is 39.0. The summed E-state index contributed by atoms with van der Waals surface area (Å²) in [5.41, 5.74) is 5.75. The SMILES string of the molecule is CCN1/C(=C/C=C/C2=[N+](CCCCCC(=O)NCCCN3C(=O)C=CC3=O)c3ccccc3C2(C)C)C(C)(C)c2cc(S(=O)(=O)O)ccc21. The van der Waals surface area contributed by atoms with Gasteiger partial charge >= 0.3 is 0 Å². The smallest absolute Gasteiger partial charge is 0.294 e. The van der Waals surface area contributed by atoms with Crippen LogP contribution < -0.4 is 10.2 Å². The minimum Gasteiger partial charge on any atom is -0.356 e. The van der Waals surface area contributed by atoms with E-state index in [0.717, 1.165) is 42.8 Å². The quantitative estimate of drug-likeness (QED) is 0.115. The van der Waals surface area contributed by atoms with Crippen LogP contribution in [0.2, 0.25) is 0 Å². The van der Waals surface area contributed by atoms with E-state index >= 15 is 0 Å². The van der Waals surface area contributed by atoms with Gasteiger partial charge in [-0.1, -0.05) is 38.1 Å². The number of hydrogen-bond acceptors (Lipinski definition) is 6. The Hall–Kier alpha value is -4.35. The Kier molecular flexibility index (Phi) is 10.5. The van der Waals surface area contributed by atoms with Crippen molar-refractivity contribution in [2.45, 2.75) is 82.4 Å². The molecule has 5 rings (SSSR count).